The zero-order valence-corrected chi connectivity index (χ0v) is 15.9. The van der Waals surface area contributed by atoms with Crippen LogP contribution >= 0.6 is 0 Å². The number of benzene rings is 3. The second-order valence-electron chi connectivity index (χ2n) is 7.02. The number of hydrogen-bond acceptors (Lipinski definition) is 4. The Morgan fingerprint density at radius 1 is 1.07 bits per heavy atom. The van der Waals surface area contributed by atoms with Crippen LogP contribution < -0.4 is 5.56 Å². The molecule has 0 aliphatic carbocycles. The molecule has 2 N–H and O–H groups in total. The third kappa shape index (κ3) is 3.06. The zero-order chi connectivity index (χ0) is 20.7. The van der Waals surface area contributed by atoms with Crippen molar-refractivity contribution < 1.29 is 10.0 Å². The number of hydrogen-bond donors (Lipinski definition) is 2. The van der Waals surface area contributed by atoms with Crippen LogP contribution in [0.1, 0.15) is 28.3 Å². The van der Waals surface area contributed by atoms with Crippen molar-refractivity contribution in [1.82, 2.24) is 9.78 Å². The van der Waals surface area contributed by atoms with Gasteiger partial charge in [-0.1, -0.05) is 42.5 Å². The molecule has 0 saturated heterocycles. The standard InChI is InChI=1S/C22H19N3O4/c1-13-19(22(27)24(2)23-13)20(15-7-5-8-16(12-15)25(28)29)21-17-9-4-3-6-14(17)10-11-18(21)26/h3-12,20,23,26H,1-2H3. The average molecular weight is 389 g/mol. The molecule has 1 atom stereocenters. The van der Waals surface area contributed by atoms with Crippen LogP contribution in [0.3, 0.4) is 0 Å². The molecule has 7 heteroatoms. The molecule has 29 heavy (non-hydrogen) atoms. The summed E-state index contributed by atoms with van der Waals surface area (Å²) in [6.07, 6.45) is 0. The van der Waals surface area contributed by atoms with Crippen LogP contribution in [0.2, 0.25) is 0 Å². The number of fused-ring (bicyclic) bond motifs is 1. The van der Waals surface area contributed by atoms with E-state index in [4.69, 9.17) is 0 Å². The van der Waals surface area contributed by atoms with E-state index >= 15 is 0 Å². The summed E-state index contributed by atoms with van der Waals surface area (Å²) in [7, 11) is 1.62. The fourth-order valence-corrected chi connectivity index (χ4v) is 3.93. The molecule has 1 unspecified atom stereocenters. The monoisotopic (exact) mass is 389 g/mol. The van der Waals surface area contributed by atoms with Crippen molar-refractivity contribution in [2.24, 2.45) is 7.05 Å². The van der Waals surface area contributed by atoms with E-state index in [1.54, 1.807) is 38.2 Å². The number of rotatable bonds is 4. The second-order valence-corrected chi connectivity index (χ2v) is 7.02. The fraction of sp³-hybridized carbons (Fsp3) is 0.136. The Morgan fingerprint density at radius 2 is 1.83 bits per heavy atom. The molecule has 4 aromatic rings. The Kier molecular flexibility index (Phi) is 4.43. The number of non-ortho nitro benzene ring substituents is 1. The summed E-state index contributed by atoms with van der Waals surface area (Å²) < 4.78 is 1.37. The van der Waals surface area contributed by atoms with Crippen molar-refractivity contribution in [2.45, 2.75) is 12.8 Å². The van der Waals surface area contributed by atoms with Gasteiger partial charge >= 0.3 is 0 Å². The zero-order valence-electron chi connectivity index (χ0n) is 15.9. The number of aromatic nitrogens is 2. The molecule has 146 valence electrons. The Morgan fingerprint density at radius 3 is 2.52 bits per heavy atom. The summed E-state index contributed by atoms with van der Waals surface area (Å²) in [5.74, 6) is -0.645. The summed E-state index contributed by atoms with van der Waals surface area (Å²) in [6.45, 7) is 1.78. The largest absolute Gasteiger partial charge is 0.508 e. The second kappa shape index (κ2) is 6.94. The van der Waals surface area contributed by atoms with Crippen LogP contribution in [0, 0.1) is 17.0 Å². The maximum absolute atomic E-state index is 13.0. The molecule has 3 aromatic carbocycles. The van der Waals surface area contributed by atoms with E-state index in [0.29, 0.717) is 22.4 Å². The van der Waals surface area contributed by atoms with Gasteiger partial charge in [0.2, 0.25) is 0 Å². The third-order valence-electron chi connectivity index (χ3n) is 5.21. The number of nitrogens with zero attached hydrogens (tertiary/aromatic N) is 2. The van der Waals surface area contributed by atoms with Gasteiger partial charge in [0.1, 0.15) is 5.75 Å². The predicted octanol–water partition coefficient (Wildman–Crippen LogP) is 3.97. The highest BCUT2D eigenvalue weighted by Gasteiger charge is 2.29. The summed E-state index contributed by atoms with van der Waals surface area (Å²) in [5.41, 5.74) is 1.87. The molecule has 0 saturated carbocycles. The van der Waals surface area contributed by atoms with Crippen molar-refractivity contribution in [3.63, 3.8) is 0 Å². The SMILES string of the molecule is Cc1[nH]n(C)c(=O)c1C(c1cccc([N+](=O)[O-])c1)c1c(O)ccc2ccccc12. The first-order valence-electron chi connectivity index (χ1n) is 9.09. The van der Waals surface area contributed by atoms with Gasteiger partial charge in [0.25, 0.3) is 11.2 Å². The van der Waals surface area contributed by atoms with E-state index in [2.05, 4.69) is 5.10 Å². The molecular weight excluding hydrogens is 370 g/mol. The molecule has 0 aliphatic rings. The lowest BCUT2D eigenvalue weighted by Crippen LogP contribution is -2.19. The quantitative estimate of drug-likeness (QED) is 0.407. The Balaban J connectivity index is 2.11. The van der Waals surface area contributed by atoms with Crippen LogP contribution in [0.5, 0.6) is 5.75 Å². The Labute approximate surface area is 166 Å². The highest BCUT2D eigenvalue weighted by atomic mass is 16.6. The molecule has 0 amide bonds. The average Bonchev–Trinajstić information content (AvgIpc) is 2.96. The molecule has 0 aliphatic heterocycles. The van der Waals surface area contributed by atoms with Crippen LogP contribution in [0.15, 0.2) is 65.5 Å². The Bertz CT molecular complexity index is 1300. The van der Waals surface area contributed by atoms with Gasteiger partial charge in [-0.2, -0.15) is 0 Å². The van der Waals surface area contributed by atoms with Crippen molar-refractivity contribution in [3.05, 3.63) is 104 Å². The minimum absolute atomic E-state index is 0.0304. The van der Waals surface area contributed by atoms with Crippen LogP contribution in [-0.4, -0.2) is 19.8 Å². The van der Waals surface area contributed by atoms with Gasteiger partial charge in [-0.05, 0) is 29.3 Å². The first-order valence-corrected chi connectivity index (χ1v) is 9.09. The van der Waals surface area contributed by atoms with Crippen molar-refractivity contribution in [3.8, 4) is 5.75 Å². The van der Waals surface area contributed by atoms with Crippen molar-refractivity contribution in [2.75, 3.05) is 0 Å². The number of phenols is 1. The number of H-pyrrole nitrogens is 1. The molecular formula is C22H19N3O4. The van der Waals surface area contributed by atoms with Gasteiger partial charge in [-0.3, -0.25) is 24.7 Å². The minimum Gasteiger partial charge on any atom is -0.508 e. The number of nitro groups is 1. The molecule has 0 fully saturated rings. The normalized spacial score (nSPS) is 12.2. The van der Waals surface area contributed by atoms with E-state index in [9.17, 15) is 20.0 Å². The topological polar surface area (TPSA) is 101 Å². The van der Waals surface area contributed by atoms with Crippen LogP contribution in [0.25, 0.3) is 10.8 Å². The summed E-state index contributed by atoms with van der Waals surface area (Å²) in [4.78, 5) is 23.8. The maximum Gasteiger partial charge on any atom is 0.270 e. The van der Waals surface area contributed by atoms with Gasteiger partial charge in [0.05, 0.1) is 10.5 Å². The van der Waals surface area contributed by atoms with Gasteiger partial charge in [-0.15, -0.1) is 0 Å². The molecule has 4 rings (SSSR count). The van der Waals surface area contributed by atoms with Crippen LogP contribution in [-0.2, 0) is 7.05 Å². The smallest absolute Gasteiger partial charge is 0.270 e. The summed E-state index contributed by atoms with van der Waals surface area (Å²) >= 11 is 0. The number of phenolic OH excluding ortho intramolecular Hbond substituents is 1. The molecule has 1 heterocycles. The van der Waals surface area contributed by atoms with Gasteiger partial charge < -0.3 is 5.11 Å². The molecule has 0 radical (unpaired) electrons. The third-order valence-corrected chi connectivity index (χ3v) is 5.21. The molecule has 7 nitrogen and oxygen atoms in total. The first kappa shape index (κ1) is 18.5. The van der Waals surface area contributed by atoms with E-state index in [1.165, 1.54) is 16.8 Å². The lowest BCUT2D eigenvalue weighted by atomic mass is 9.82. The van der Waals surface area contributed by atoms with Crippen molar-refractivity contribution >= 4 is 16.5 Å². The Hall–Kier alpha value is -3.87. The van der Waals surface area contributed by atoms with E-state index in [1.807, 2.05) is 24.3 Å². The lowest BCUT2D eigenvalue weighted by Gasteiger charge is -2.20. The highest BCUT2D eigenvalue weighted by molar-refractivity contribution is 5.89. The van der Waals surface area contributed by atoms with Gasteiger partial charge in [0, 0.05) is 36.4 Å². The molecule has 0 bridgehead atoms. The number of aromatic amines is 1. The lowest BCUT2D eigenvalue weighted by molar-refractivity contribution is -0.384. The number of nitro benzene ring substituents is 1. The van der Waals surface area contributed by atoms with E-state index < -0.39 is 10.8 Å². The number of aryl methyl sites for hydroxylation is 2. The van der Waals surface area contributed by atoms with Crippen LogP contribution in [0.4, 0.5) is 5.69 Å². The summed E-state index contributed by atoms with van der Waals surface area (Å²) in [5, 5.41) is 26.8. The number of nitrogens with one attached hydrogen (secondary N) is 1. The van der Waals surface area contributed by atoms with E-state index in [-0.39, 0.29) is 17.0 Å². The summed E-state index contributed by atoms with van der Waals surface area (Å²) in [6, 6.07) is 17.1. The van der Waals surface area contributed by atoms with Gasteiger partial charge in [0.15, 0.2) is 0 Å². The fourth-order valence-electron chi connectivity index (χ4n) is 3.93. The molecule has 1 aromatic heterocycles. The highest BCUT2D eigenvalue weighted by Crippen LogP contribution is 2.41. The van der Waals surface area contributed by atoms with E-state index in [0.717, 1.165) is 10.8 Å². The van der Waals surface area contributed by atoms with Gasteiger partial charge in [-0.25, -0.2) is 0 Å². The first-order chi connectivity index (χ1) is 13.9. The maximum atomic E-state index is 13.0. The number of aromatic hydroxyl groups is 1. The predicted molar refractivity (Wildman–Crippen MR) is 110 cm³/mol. The molecule has 0 spiro atoms. The minimum atomic E-state index is -0.675. The van der Waals surface area contributed by atoms with Crippen molar-refractivity contribution in [1.29, 1.82) is 0 Å².